The lowest BCUT2D eigenvalue weighted by Gasteiger charge is -2.10. The van der Waals surface area contributed by atoms with Crippen LogP contribution in [0.4, 0.5) is 11.4 Å². The lowest BCUT2D eigenvalue weighted by atomic mass is 10.1. The van der Waals surface area contributed by atoms with Gasteiger partial charge >= 0.3 is 0 Å². The van der Waals surface area contributed by atoms with Crippen molar-refractivity contribution in [1.29, 1.82) is 0 Å². The summed E-state index contributed by atoms with van der Waals surface area (Å²) in [4.78, 5) is 16.3. The van der Waals surface area contributed by atoms with Crippen molar-refractivity contribution in [3.63, 3.8) is 0 Å². The number of aryl methyl sites for hydroxylation is 1. The fourth-order valence-electron chi connectivity index (χ4n) is 2.42. The second kappa shape index (κ2) is 9.38. The van der Waals surface area contributed by atoms with Crippen LogP contribution in [0.5, 0.6) is 11.5 Å². The quantitative estimate of drug-likeness (QED) is 0.595. The maximum atomic E-state index is 11.9. The predicted octanol–water partition coefficient (Wildman–Crippen LogP) is 5.35. The normalized spacial score (nSPS) is 10.9. The molecule has 0 spiro atoms. The largest absolute Gasteiger partial charge is 0.507 e. The first-order valence-electron chi connectivity index (χ1n) is 8.45. The Morgan fingerprint density at radius 1 is 1.35 bits per heavy atom. The van der Waals surface area contributed by atoms with Gasteiger partial charge in [0.05, 0.1) is 18.5 Å². The monoisotopic (exact) mass is 418 g/mol. The van der Waals surface area contributed by atoms with Crippen molar-refractivity contribution >= 4 is 39.4 Å². The fourth-order valence-corrected chi connectivity index (χ4v) is 3.01. The van der Waals surface area contributed by atoms with E-state index in [4.69, 9.17) is 4.74 Å². The first-order chi connectivity index (χ1) is 12.4. The van der Waals surface area contributed by atoms with Crippen LogP contribution in [0.15, 0.2) is 39.8 Å². The van der Waals surface area contributed by atoms with Gasteiger partial charge in [-0.05, 0) is 43.2 Å². The SMILES string of the molecule is CCCCC(=O)Nc1ccc(N=Cc2cc(Br)cc(C)c2O)cc1OC. The van der Waals surface area contributed by atoms with Gasteiger partial charge in [-0.2, -0.15) is 0 Å². The van der Waals surface area contributed by atoms with Crippen LogP contribution in [0.2, 0.25) is 0 Å². The van der Waals surface area contributed by atoms with Gasteiger partial charge in [-0.25, -0.2) is 0 Å². The van der Waals surface area contributed by atoms with E-state index in [1.54, 1.807) is 37.6 Å². The molecule has 5 nitrogen and oxygen atoms in total. The molecule has 0 bridgehead atoms. The molecule has 0 aliphatic carbocycles. The molecule has 0 aliphatic rings. The third kappa shape index (κ3) is 5.33. The number of nitrogens with one attached hydrogen (secondary N) is 1. The minimum absolute atomic E-state index is 0.0315. The van der Waals surface area contributed by atoms with E-state index < -0.39 is 0 Å². The Labute approximate surface area is 162 Å². The van der Waals surface area contributed by atoms with Crippen LogP contribution in [0.25, 0.3) is 0 Å². The van der Waals surface area contributed by atoms with E-state index in [1.807, 2.05) is 19.9 Å². The molecule has 2 aromatic carbocycles. The van der Waals surface area contributed by atoms with Crippen molar-refractivity contribution in [2.75, 3.05) is 12.4 Å². The molecule has 0 radical (unpaired) electrons. The highest BCUT2D eigenvalue weighted by Crippen LogP contribution is 2.30. The molecule has 0 saturated heterocycles. The zero-order chi connectivity index (χ0) is 19.1. The van der Waals surface area contributed by atoms with Gasteiger partial charge in [0.1, 0.15) is 11.5 Å². The van der Waals surface area contributed by atoms with E-state index in [0.29, 0.717) is 29.1 Å². The maximum Gasteiger partial charge on any atom is 0.224 e. The minimum Gasteiger partial charge on any atom is -0.507 e. The lowest BCUT2D eigenvalue weighted by Crippen LogP contribution is -2.11. The third-order valence-corrected chi connectivity index (χ3v) is 4.32. The summed E-state index contributed by atoms with van der Waals surface area (Å²) in [6.07, 6.45) is 3.91. The Kier molecular flexibility index (Phi) is 7.21. The van der Waals surface area contributed by atoms with E-state index in [1.165, 1.54) is 0 Å². The molecule has 26 heavy (non-hydrogen) atoms. The van der Waals surface area contributed by atoms with Crippen LogP contribution < -0.4 is 10.1 Å². The molecule has 0 aliphatic heterocycles. The molecule has 0 fully saturated rings. The molecule has 0 saturated carbocycles. The van der Waals surface area contributed by atoms with Gasteiger partial charge in [-0.3, -0.25) is 9.79 Å². The molecule has 2 N–H and O–H groups in total. The number of rotatable bonds is 7. The molecule has 138 valence electrons. The Hall–Kier alpha value is -2.34. The third-order valence-electron chi connectivity index (χ3n) is 3.86. The number of benzene rings is 2. The summed E-state index contributed by atoms with van der Waals surface area (Å²) in [5, 5.41) is 13.0. The van der Waals surface area contributed by atoms with Gasteiger partial charge < -0.3 is 15.2 Å². The number of hydrogen-bond donors (Lipinski definition) is 2. The maximum absolute atomic E-state index is 11.9. The number of hydrogen-bond acceptors (Lipinski definition) is 4. The van der Waals surface area contributed by atoms with Gasteiger partial charge in [0.2, 0.25) is 5.91 Å². The molecule has 0 atom stereocenters. The fraction of sp³-hybridized carbons (Fsp3) is 0.300. The van der Waals surface area contributed by atoms with E-state index in [0.717, 1.165) is 22.9 Å². The van der Waals surface area contributed by atoms with Crippen molar-refractivity contribution in [2.45, 2.75) is 33.1 Å². The Balaban J connectivity index is 2.20. The van der Waals surface area contributed by atoms with E-state index >= 15 is 0 Å². The van der Waals surface area contributed by atoms with Crippen molar-refractivity contribution in [3.8, 4) is 11.5 Å². The summed E-state index contributed by atoms with van der Waals surface area (Å²) in [5.74, 6) is 0.707. The average Bonchev–Trinajstić information content (AvgIpc) is 2.62. The molecule has 0 unspecified atom stereocenters. The van der Waals surface area contributed by atoms with Crippen LogP contribution in [-0.2, 0) is 4.79 Å². The Bertz CT molecular complexity index is 819. The summed E-state index contributed by atoms with van der Waals surface area (Å²) in [5.41, 5.74) is 2.66. The molecule has 0 aromatic heterocycles. The number of phenolic OH excluding ortho intramolecular Hbond substituents is 1. The second-order valence-electron chi connectivity index (χ2n) is 5.96. The summed E-state index contributed by atoms with van der Waals surface area (Å²) < 4.78 is 6.23. The minimum atomic E-state index is -0.0315. The number of aliphatic imine (C=N–C) groups is 1. The second-order valence-corrected chi connectivity index (χ2v) is 6.87. The molecule has 2 rings (SSSR count). The number of aromatic hydroxyl groups is 1. The van der Waals surface area contributed by atoms with Crippen molar-refractivity contribution < 1.29 is 14.6 Å². The summed E-state index contributed by atoms with van der Waals surface area (Å²) in [6.45, 7) is 3.88. The summed E-state index contributed by atoms with van der Waals surface area (Å²) in [6, 6.07) is 8.93. The number of carbonyl (C=O) groups excluding carboxylic acids is 1. The number of phenols is 1. The molecule has 0 heterocycles. The average molecular weight is 419 g/mol. The number of amides is 1. The number of methoxy groups -OCH3 is 1. The molecule has 2 aromatic rings. The predicted molar refractivity (Wildman–Crippen MR) is 109 cm³/mol. The van der Waals surface area contributed by atoms with Crippen molar-refractivity contribution in [3.05, 3.63) is 45.9 Å². The van der Waals surface area contributed by atoms with Crippen LogP contribution in [0, 0.1) is 6.92 Å². The first kappa shape index (κ1) is 20.0. The van der Waals surface area contributed by atoms with Crippen LogP contribution in [0.3, 0.4) is 0 Å². The number of anilines is 1. The molecular formula is C20H23BrN2O3. The van der Waals surface area contributed by atoms with Crippen LogP contribution in [0.1, 0.15) is 37.3 Å². The van der Waals surface area contributed by atoms with Gasteiger partial charge in [0.15, 0.2) is 0 Å². The van der Waals surface area contributed by atoms with E-state index in [-0.39, 0.29) is 11.7 Å². The summed E-state index contributed by atoms with van der Waals surface area (Å²) >= 11 is 3.41. The van der Waals surface area contributed by atoms with Gasteiger partial charge in [-0.1, -0.05) is 29.3 Å². The molecule has 6 heteroatoms. The number of unbranched alkanes of at least 4 members (excludes halogenated alkanes) is 1. The number of nitrogens with zero attached hydrogens (tertiary/aromatic N) is 1. The number of carbonyl (C=O) groups is 1. The topological polar surface area (TPSA) is 70.9 Å². The van der Waals surface area contributed by atoms with E-state index in [2.05, 4.69) is 26.2 Å². The highest BCUT2D eigenvalue weighted by molar-refractivity contribution is 9.10. The standard InChI is InChI=1S/C20H23BrN2O3/c1-4-5-6-19(24)23-17-8-7-16(11-18(17)26-3)22-12-14-10-15(21)9-13(2)20(14)25/h7-12,25H,4-6H2,1-3H3,(H,23,24). The summed E-state index contributed by atoms with van der Waals surface area (Å²) in [7, 11) is 1.55. The lowest BCUT2D eigenvalue weighted by molar-refractivity contribution is -0.116. The number of halogens is 1. The zero-order valence-corrected chi connectivity index (χ0v) is 16.8. The smallest absolute Gasteiger partial charge is 0.224 e. The highest BCUT2D eigenvalue weighted by atomic mass is 79.9. The van der Waals surface area contributed by atoms with E-state index in [9.17, 15) is 9.90 Å². The Morgan fingerprint density at radius 2 is 2.12 bits per heavy atom. The molecule has 1 amide bonds. The van der Waals surface area contributed by atoms with Gasteiger partial charge in [0, 0.05) is 28.7 Å². The highest BCUT2D eigenvalue weighted by Gasteiger charge is 2.09. The van der Waals surface area contributed by atoms with Gasteiger partial charge in [0.25, 0.3) is 0 Å². The van der Waals surface area contributed by atoms with Crippen LogP contribution >= 0.6 is 15.9 Å². The van der Waals surface area contributed by atoms with Crippen molar-refractivity contribution in [1.82, 2.24) is 0 Å². The van der Waals surface area contributed by atoms with Crippen molar-refractivity contribution in [2.24, 2.45) is 4.99 Å². The number of ether oxygens (including phenoxy) is 1. The molecular weight excluding hydrogens is 396 g/mol. The first-order valence-corrected chi connectivity index (χ1v) is 9.25. The van der Waals surface area contributed by atoms with Gasteiger partial charge in [-0.15, -0.1) is 0 Å². The van der Waals surface area contributed by atoms with Crippen LogP contribution in [-0.4, -0.2) is 24.3 Å². The Morgan fingerprint density at radius 3 is 2.81 bits per heavy atom. The zero-order valence-electron chi connectivity index (χ0n) is 15.2.